The molecule has 1 aromatic carbocycles. The summed E-state index contributed by atoms with van der Waals surface area (Å²) >= 11 is 0. The zero-order valence-corrected chi connectivity index (χ0v) is 14.5. The number of anilines is 1. The number of ether oxygens (including phenoxy) is 1. The van der Waals surface area contributed by atoms with Crippen LogP contribution in [0.3, 0.4) is 0 Å². The highest BCUT2D eigenvalue weighted by atomic mass is 16.5. The maximum atomic E-state index is 12.0. The van der Waals surface area contributed by atoms with Crippen LogP contribution in [0.4, 0.5) is 5.82 Å². The predicted octanol–water partition coefficient (Wildman–Crippen LogP) is 3.35. The van der Waals surface area contributed by atoms with Crippen molar-refractivity contribution in [3.05, 3.63) is 53.2 Å². The molecule has 1 saturated heterocycles. The van der Waals surface area contributed by atoms with E-state index >= 15 is 0 Å². The molecule has 0 atom stereocenters. The van der Waals surface area contributed by atoms with Gasteiger partial charge in [-0.05, 0) is 50.1 Å². The summed E-state index contributed by atoms with van der Waals surface area (Å²) in [5, 5.41) is 0. The summed E-state index contributed by atoms with van der Waals surface area (Å²) in [4.78, 5) is 22.8. The first-order chi connectivity index (χ1) is 12.1. The van der Waals surface area contributed by atoms with Crippen molar-refractivity contribution in [2.45, 2.75) is 39.3 Å². The van der Waals surface area contributed by atoms with E-state index in [-0.39, 0.29) is 12.0 Å². The van der Waals surface area contributed by atoms with E-state index in [1.807, 2.05) is 32.0 Å². The molecule has 0 aliphatic carbocycles. The highest BCUT2D eigenvalue weighted by molar-refractivity contribution is 6.15. The van der Waals surface area contributed by atoms with E-state index in [9.17, 15) is 4.79 Å². The van der Waals surface area contributed by atoms with Gasteiger partial charge in [0.2, 0.25) is 5.91 Å². The van der Waals surface area contributed by atoms with Gasteiger partial charge in [0.05, 0.1) is 18.4 Å². The van der Waals surface area contributed by atoms with E-state index in [0.717, 1.165) is 35.6 Å². The summed E-state index contributed by atoms with van der Waals surface area (Å²) in [5.41, 5.74) is 4.23. The van der Waals surface area contributed by atoms with Gasteiger partial charge < -0.3 is 4.74 Å². The van der Waals surface area contributed by atoms with Crippen molar-refractivity contribution in [3.63, 3.8) is 0 Å². The molecule has 2 aliphatic rings. The molecule has 2 aliphatic heterocycles. The number of hydrogen-bond acceptors (Lipinski definition) is 4. The fraction of sp³-hybridized carbons (Fsp3) is 0.350. The molecule has 2 aromatic rings. The Morgan fingerprint density at radius 2 is 2.08 bits per heavy atom. The van der Waals surface area contributed by atoms with E-state index in [1.165, 1.54) is 5.56 Å². The number of amides is 1. The average Bonchev–Trinajstić information content (AvgIpc) is 3.20. The Morgan fingerprint density at radius 1 is 1.20 bits per heavy atom. The Bertz CT molecular complexity index is 858. The normalized spacial score (nSPS) is 16.4. The molecule has 0 N–H and O–H groups in total. The lowest BCUT2D eigenvalue weighted by atomic mass is 10.0. The standard InChI is InChI=1S/C20H21N3O2/c1-13(2)25-16-6-5-15-12-22-20(17(15)11-16)14-7-8-21-18(10-14)23-9-3-4-19(23)24/h5-8,10-11,13H,3-4,9,12H2,1-2H3. The van der Waals surface area contributed by atoms with Gasteiger partial charge in [-0.2, -0.15) is 0 Å². The van der Waals surface area contributed by atoms with Crippen LogP contribution in [0.1, 0.15) is 43.4 Å². The van der Waals surface area contributed by atoms with Crippen LogP contribution in [0.15, 0.2) is 41.5 Å². The second-order valence-corrected chi connectivity index (χ2v) is 6.70. The van der Waals surface area contributed by atoms with E-state index < -0.39 is 0 Å². The third-order valence-electron chi connectivity index (χ3n) is 4.48. The average molecular weight is 335 g/mol. The van der Waals surface area contributed by atoms with Crippen molar-refractivity contribution in [2.24, 2.45) is 4.99 Å². The second kappa shape index (κ2) is 6.31. The molecule has 5 heteroatoms. The highest BCUT2D eigenvalue weighted by Crippen LogP contribution is 2.29. The number of carbonyl (C=O) groups is 1. The van der Waals surface area contributed by atoms with Gasteiger partial charge in [-0.3, -0.25) is 14.7 Å². The van der Waals surface area contributed by atoms with Crippen molar-refractivity contribution in [1.29, 1.82) is 0 Å². The number of fused-ring (bicyclic) bond motifs is 1. The zero-order valence-electron chi connectivity index (χ0n) is 14.5. The molecule has 5 nitrogen and oxygen atoms in total. The van der Waals surface area contributed by atoms with Crippen molar-refractivity contribution >= 4 is 17.4 Å². The summed E-state index contributed by atoms with van der Waals surface area (Å²) in [5.74, 6) is 1.71. The number of pyridine rings is 1. The first kappa shape index (κ1) is 15.8. The minimum atomic E-state index is 0.133. The third kappa shape index (κ3) is 3.02. The molecule has 0 bridgehead atoms. The predicted molar refractivity (Wildman–Crippen MR) is 97.4 cm³/mol. The van der Waals surface area contributed by atoms with Crippen LogP contribution in [0, 0.1) is 0 Å². The lowest BCUT2D eigenvalue weighted by Gasteiger charge is -2.16. The van der Waals surface area contributed by atoms with Crippen molar-refractivity contribution in [3.8, 4) is 5.75 Å². The Kier molecular flexibility index (Phi) is 3.99. The molecule has 0 spiro atoms. The van der Waals surface area contributed by atoms with Crippen LogP contribution >= 0.6 is 0 Å². The number of rotatable bonds is 4. The lowest BCUT2D eigenvalue weighted by molar-refractivity contribution is -0.117. The molecule has 25 heavy (non-hydrogen) atoms. The molecule has 1 amide bonds. The number of carbonyl (C=O) groups excluding carboxylic acids is 1. The van der Waals surface area contributed by atoms with E-state index in [2.05, 4.69) is 17.1 Å². The molecule has 0 unspecified atom stereocenters. The van der Waals surface area contributed by atoms with E-state index in [1.54, 1.807) is 11.1 Å². The quantitative estimate of drug-likeness (QED) is 0.861. The fourth-order valence-corrected chi connectivity index (χ4v) is 3.36. The molecular formula is C20H21N3O2. The Balaban J connectivity index is 1.67. The molecule has 128 valence electrons. The lowest BCUT2D eigenvalue weighted by Crippen LogP contribution is -2.25. The second-order valence-electron chi connectivity index (χ2n) is 6.70. The Labute approximate surface area is 147 Å². The number of hydrogen-bond donors (Lipinski definition) is 0. The largest absolute Gasteiger partial charge is 0.491 e. The molecule has 3 heterocycles. The minimum Gasteiger partial charge on any atom is -0.491 e. The van der Waals surface area contributed by atoms with Crippen LogP contribution in [0.5, 0.6) is 5.75 Å². The van der Waals surface area contributed by atoms with E-state index in [0.29, 0.717) is 18.8 Å². The van der Waals surface area contributed by atoms with Gasteiger partial charge in [-0.1, -0.05) is 6.07 Å². The van der Waals surface area contributed by atoms with Crippen LogP contribution in [0.25, 0.3) is 0 Å². The first-order valence-electron chi connectivity index (χ1n) is 8.73. The maximum absolute atomic E-state index is 12.0. The number of nitrogens with zero attached hydrogens (tertiary/aromatic N) is 3. The van der Waals surface area contributed by atoms with Crippen LogP contribution in [-0.2, 0) is 11.3 Å². The number of aromatic nitrogens is 1. The number of benzene rings is 1. The summed E-state index contributed by atoms with van der Waals surface area (Å²) in [6.45, 7) is 5.45. The smallest absolute Gasteiger partial charge is 0.228 e. The monoisotopic (exact) mass is 335 g/mol. The molecule has 4 rings (SSSR count). The van der Waals surface area contributed by atoms with Crippen molar-refractivity contribution in [1.82, 2.24) is 4.98 Å². The molecule has 0 saturated carbocycles. The number of aliphatic imine (C=N–C) groups is 1. The van der Waals surface area contributed by atoms with Gasteiger partial charge >= 0.3 is 0 Å². The zero-order chi connectivity index (χ0) is 17.4. The van der Waals surface area contributed by atoms with Crippen LogP contribution in [0.2, 0.25) is 0 Å². The SMILES string of the molecule is CC(C)Oc1ccc2c(c1)C(c1ccnc(N3CCCC3=O)c1)=NC2. The molecular weight excluding hydrogens is 314 g/mol. The molecule has 0 radical (unpaired) electrons. The first-order valence-corrected chi connectivity index (χ1v) is 8.73. The Morgan fingerprint density at radius 3 is 2.84 bits per heavy atom. The maximum Gasteiger partial charge on any atom is 0.228 e. The Hall–Kier alpha value is -2.69. The van der Waals surface area contributed by atoms with Crippen molar-refractivity contribution < 1.29 is 9.53 Å². The van der Waals surface area contributed by atoms with E-state index in [4.69, 9.17) is 9.73 Å². The summed E-state index contributed by atoms with van der Waals surface area (Å²) in [6.07, 6.45) is 3.38. The van der Waals surface area contributed by atoms with Crippen molar-refractivity contribution in [2.75, 3.05) is 11.4 Å². The fourth-order valence-electron chi connectivity index (χ4n) is 3.36. The van der Waals surface area contributed by atoms with Gasteiger partial charge in [0.15, 0.2) is 0 Å². The topological polar surface area (TPSA) is 54.8 Å². The molecule has 1 aromatic heterocycles. The summed E-state index contributed by atoms with van der Waals surface area (Å²) in [6, 6.07) is 10.1. The van der Waals surface area contributed by atoms with Gasteiger partial charge in [-0.25, -0.2) is 4.98 Å². The minimum absolute atomic E-state index is 0.133. The van der Waals surface area contributed by atoms with Crippen LogP contribution < -0.4 is 9.64 Å². The third-order valence-corrected chi connectivity index (χ3v) is 4.48. The molecule has 1 fully saturated rings. The summed E-state index contributed by atoms with van der Waals surface area (Å²) in [7, 11) is 0. The van der Waals surface area contributed by atoms with Gasteiger partial charge in [-0.15, -0.1) is 0 Å². The van der Waals surface area contributed by atoms with Crippen LogP contribution in [-0.4, -0.2) is 29.3 Å². The highest BCUT2D eigenvalue weighted by Gasteiger charge is 2.24. The van der Waals surface area contributed by atoms with Gasteiger partial charge in [0.1, 0.15) is 11.6 Å². The van der Waals surface area contributed by atoms with Gasteiger partial charge in [0.25, 0.3) is 0 Å². The summed E-state index contributed by atoms with van der Waals surface area (Å²) < 4.78 is 5.82. The van der Waals surface area contributed by atoms with Gasteiger partial charge in [0, 0.05) is 30.3 Å².